The molecule has 8 heteroatoms. The van der Waals surface area contributed by atoms with E-state index in [9.17, 15) is 13.2 Å². The van der Waals surface area contributed by atoms with Crippen LogP contribution in [0.2, 0.25) is 0 Å². The first kappa shape index (κ1) is 20.7. The van der Waals surface area contributed by atoms with E-state index in [0.717, 1.165) is 19.5 Å². The molecule has 0 aromatic heterocycles. The molecule has 0 spiro atoms. The van der Waals surface area contributed by atoms with Crippen LogP contribution in [0.25, 0.3) is 0 Å². The molecule has 1 aromatic rings. The highest BCUT2D eigenvalue weighted by Gasteiger charge is 2.29. The molecule has 2 atom stereocenters. The summed E-state index contributed by atoms with van der Waals surface area (Å²) in [7, 11) is -0.233. The molecular weight excluding hydrogens is 352 g/mol. The summed E-state index contributed by atoms with van der Waals surface area (Å²) in [6.07, 6.45) is 0.903. The predicted octanol–water partition coefficient (Wildman–Crippen LogP) is 1.35. The van der Waals surface area contributed by atoms with Gasteiger partial charge in [0, 0.05) is 25.6 Å². The molecule has 1 fully saturated rings. The van der Waals surface area contributed by atoms with Gasteiger partial charge in [0.25, 0.3) is 0 Å². The number of nitrogens with one attached hydrogen (secondary N) is 1. The fourth-order valence-corrected chi connectivity index (χ4v) is 4.32. The lowest BCUT2D eigenvalue weighted by atomic mass is 10.1. The van der Waals surface area contributed by atoms with Gasteiger partial charge in [-0.2, -0.15) is 0 Å². The average Bonchev–Trinajstić information content (AvgIpc) is 3.07. The van der Waals surface area contributed by atoms with Crippen LogP contribution in [0.4, 0.5) is 0 Å². The number of hydrogen-bond acceptors (Lipinski definition) is 5. The Balaban J connectivity index is 0.00000288. The number of halogens is 1. The topological polar surface area (TPSA) is 75.7 Å². The standard InChI is InChI=1S/C16H24N2O4S.ClH/c1-12(16(19)18(2)13-8-9-17-10-13)11-23(20,21)15-6-4-14(22-3)5-7-15;/h4-7,12-13,17H,8-11H2,1-3H3;1H. The molecule has 1 N–H and O–H groups in total. The average molecular weight is 377 g/mol. The van der Waals surface area contributed by atoms with Gasteiger partial charge in [-0.3, -0.25) is 4.79 Å². The Kier molecular flexibility index (Phi) is 7.51. The number of likely N-dealkylation sites (N-methyl/N-ethyl adjacent to an activating group) is 1. The van der Waals surface area contributed by atoms with E-state index in [2.05, 4.69) is 5.32 Å². The molecule has 1 aliphatic rings. The van der Waals surface area contributed by atoms with Gasteiger partial charge in [0.1, 0.15) is 5.75 Å². The van der Waals surface area contributed by atoms with E-state index >= 15 is 0 Å². The Hall–Kier alpha value is -1.31. The molecule has 0 bridgehead atoms. The minimum absolute atomic E-state index is 0. The third-order valence-electron chi connectivity index (χ3n) is 4.24. The molecule has 1 amide bonds. The van der Waals surface area contributed by atoms with E-state index in [-0.39, 0.29) is 35.0 Å². The van der Waals surface area contributed by atoms with Crippen molar-refractivity contribution in [2.24, 2.45) is 5.92 Å². The molecule has 1 aliphatic heterocycles. The van der Waals surface area contributed by atoms with E-state index < -0.39 is 15.8 Å². The van der Waals surface area contributed by atoms with Crippen LogP contribution in [0.3, 0.4) is 0 Å². The Morgan fingerprint density at radius 2 is 2.00 bits per heavy atom. The zero-order valence-electron chi connectivity index (χ0n) is 14.2. The first-order valence-electron chi connectivity index (χ1n) is 7.69. The smallest absolute Gasteiger partial charge is 0.226 e. The van der Waals surface area contributed by atoms with Crippen molar-refractivity contribution in [1.29, 1.82) is 0 Å². The second-order valence-corrected chi connectivity index (χ2v) is 7.99. The second kappa shape index (κ2) is 8.69. The number of ether oxygens (including phenoxy) is 1. The summed E-state index contributed by atoms with van der Waals surface area (Å²) >= 11 is 0. The van der Waals surface area contributed by atoms with E-state index in [1.165, 1.54) is 19.2 Å². The van der Waals surface area contributed by atoms with Crippen molar-refractivity contribution in [3.05, 3.63) is 24.3 Å². The monoisotopic (exact) mass is 376 g/mol. The molecule has 24 heavy (non-hydrogen) atoms. The lowest BCUT2D eigenvalue weighted by molar-refractivity contribution is -0.134. The normalized spacial score (nSPS) is 18.5. The van der Waals surface area contributed by atoms with Crippen LogP contribution in [0.1, 0.15) is 13.3 Å². The number of nitrogens with zero attached hydrogens (tertiary/aromatic N) is 1. The highest BCUT2D eigenvalue weighted by Crippen LogP contribution is 2.20. The van der Waals surface area contributed by atoms with Gasteiger partial charge < -0.3 is 15.0 Å². The van der Waals surface area contributed by atoms with E-state index in [1.807, 2.05) is 0 Å². The number of amides is 1. The molecule has 0 radical (unpaired) electrons. The Morgan fingerprint density at radius 3 is 2.50 bits per heavy atom. The van der Waals surface area contributed by atoms with Crippen LogP contribution < -0.4 is 10.1 Å². The Labute approximate surface area is 149 Å². The third-order valence-corrected chi connectivity index (χ3v) is 6.17. The molecule has 0 aliphatic carbocycles. The number of methoxy groups -OCH3 is 1. The maximum atomic E-state index is 12.5. The number of sulfone groups is 1. The van der Waals surface area contributed by atoms with E-state index in [0.29, 0.717) is 5.75 Å². The van der Waals surface area contributed by atoms with Crippen molar-refractivity contribution in [1.82, 2.24) is 10.2 Å². The highest BCUT2D eigenvalue weighted by molar-refractivity contribution is 7.91. The molecular formula is C16H25ClN2O4S. The Morgan fingerprint density at radius 1 is 1.38 bits per heavy atom. The molecule has 136 valence electrons. The summed E-state index contributed by atoms with van der Waals surface area (Å²) in [5, 5.41) is 3.21. The van der Waals surface area contributed by atoms with E-state index in [4.69, 9.17) is 4.74 Å². The zero-order chi connectivity index (χ0) is 17.0. The van der Waals surface area contributed by atoms with E-state index in [1.54, 1.807) is 31.0 Å². The van der Waals surface area contributed by atoms with Crippen LogP contribution in [0.15, 0.2) is 29.2 Å². The van der Waals surface area contributed by atoms with Crippen LogP contribution in [-0.4, -0.2) is 58.3 Å². The molecule has 0 saturated carbocycles. The van der Waals surface area contributed by atoms with Crippen molar-refractivity contribution >= 4 is 28.2 Å². The van der Waals surface area contributed by atoms with Gasteiger partial charge in [0.05, 0.1) is 17.8 Å². The van der Waals surface area contributed by atoms with Crippen molar-refractivity contribution in [2.45, 2.75) is 24.3 Å². The number of hydrogen-bond donors (Lipinski definition) is 1. The van der Waals surface area contributed by atoms with Gasteiger partial charge in [-0.1, -0.05) is 6.92 Å². The second-order valence-electron chi connectivity index (χ2n) is 5.95. The summed E-state index contributed by atoms with van der Waals surface area (Å²) in [6.45, 7) is 3.32. The maximum Gasteiger partial charge on any atom is 0.226 e. The molecule has 2 rings (SSSR count). The van der Waals surface area contributed by atoms with Gasteiger partial charge in [-0.15, -0.1) is 12.4 Å². The third kappa shape index (κ3) is 4.84. The largest absolute Gasteiger partial charge is 0.497 e. The van der Waals surface area contributed by atoms with Gasteiger partial charge >= 0.3 is 0 Å². The van der Waals surface area contributed by atoms with Crippen LogP contribution >= 0.6 is 12.4 Å². The van der Waals surface area contributed by atoms with Crippen LogP contribution in [0.5, 0.6) is 5.75 Å². The maximum absolute atomic E-state index is 12.5. The summed E-state index contributed by atoms with van der Waals surface area (Å²) in [5.74, 6) is -0.298. The van der Waals surface area contributed by atoms with Gasteiger partial charge in [-0.25, -0.2) is 8.42 Å². The highest BCUT2D eigenvalue weighted by atomic mass is 35.5. The van der Waals surface area contributed by atoms with Gasteiger partial charge in [0.15, 0.2) is 9.84 Å². The number of benzene rings is 1. The van der Waals surface area contributed by atoms with Crippen molar-refractivity contribution in [3.63, 3.8) is 0 Å². The number of carbonyl (C=O) groups excluding carboxylic acids is 1. The SMILES string of the molecule is COc1ccc(S(=O)(=O)CC(C)C(=O)N(C)C2CCNC2)cc1.Cl. The summed E-state index contributed by atoms with van der Waals surface area (Å²) in [5.41, 5.74) is 0. The fourth-order valence-electron chi connectivity index (χ4n) is 2.78. The molecule has 1 saturated heterocycles. The summed E-state index contributed by atoms with van der Waals surface area (Å²) in [6, 6.07) is 6.38. The molecule has 1 aromatic carbocycles. The van der Waals surface area contributed by atoms with Gasteiger partial charge in [-0.05, 0) is 37.2 Å². The lowest BCUT2D eigenvalue weighted by Gasteiger charge is -2.26. The minimum Gasteiger partial charge on any atom is -0.497 e. The zero-order valence-corrected chi connectivity index (χ0v) is 15.8. The van der Waals surface area contributed by atoms with Crippen molar-refractivity contribution < 1.29 is 17.9 Å². The molecule has 1 heterocycles. The van der Waals surface area contributed by atoms with Gasteiger partial charge in [0.2, 0.25) is 5.91 Å². The fraction of sp³-hybridized carbons (Fsp3) is 0.562. The van der Waals surface area contributed by atoms with Crippen molar-refractivity contribution in [2.75, 3.05) is 33.0 Å². The lowest BCUT2D eigenvalue weighted by Crippen LogP contribution is -2.42. The quantitative estimate of drug-likeness (QED) is 0.811. The van der Waals surface area contributed by atoms with Crippen LogP contribution in [-0.2, 0) is 14.6 Å². The molecule has 6 nitrogen and oxygen atoms in total. The number of rotatable bonds is 6. The first-order chi connectivity index (χ1) is 10.8. The summed E-state index contributed by atoms with van der Waals surface area (Å²) < 4.78 is 30.0. The first-order valence-corrected chi connectivity index (χ1v) is 9.34. The predicted molar refractivity (Wildman–Crippen MR) is 95.5 cm³/mol. The molecule has 2 unspecified atom stereocenters. The number of carbonyl (C=O) groups is 1. The van der Waals surface area contributed by atoms with Crippen molar-refractivity contribution in [3.8, 4) is 5.75 Å². The minimum atomic E-state index is -3.51. The van der Waals surface area contributed by atoms with Crippen LogP contribution in [0, 0.1) is 5.92 Å². The Bertz CT molecular complexity index is 643. The summed E-state index contributed by atoms with van der Waals surface area (Å²) in [4.78, 5) is 14.3.